The minimum absolute atomic E-state index is 0.779. The molecule has 1 aromatic carbocycles. The van der Waals surface area contributed by atoms with Crippen LogP contribution in [0.3, 0.4) is 0 Å². The smallest absolute Gasteiger partial charge is 0.142 e. The summed E-state index contributed by atoms with van der Waals surface area (Å²) in [5, 5.41) is 3.17. The van der Waals surface area contributed by atoms with Crippen LogP contribution in [0.5, 0.6) is 5.75 Å². The van der Waals surface area contributed by atoms with E-state index in [-0.39, 0.29) is 0 Å². The van der Waals surface area contributed by atoms with Crippen LogP contribution >= 0.6 is 0 Å². The third-order valence-corrected chi connectivity index (χ3v) is 2.66. The highest BCUT2D eigenvalue weighted by atomic mass is 16.5. The average Bonchev–Trinajstić information content (AvgIpc) is 2.37. The number of para-hydroxylation sites is 2. The van der Waals surface area contributed by atoms with Crippen molar-refractivity contribution in [3.63, 3.8) is 0 Å². The largest absolute Gasteiger partial charge is 0.491 e. The first-order chi connectivity index (χ1) is 8.29. The van der Waals surface area contributed by atoms with Crippen molar-refractivity contribution in [2.45, 2.75) is 19.8 Å². The molecule has 0 aliphatic rings. The van der Waals surface area contributed by atoms with Gasteiger partial charge in [0.15, 0.2) is 0 Å². The summed E-state index contributed by atoms with van der Waals surface area (Å²) in [6.45, 7) is 4.98. The Bertz CT molecular complexity index is 315. The Hall–Kier alpha value is -1.22. The van der Waals surface area contributed by atoms with Crippen molar-refractivity contribution in [2.24, 2.45) is 0 Å². The molecule has 0 amide bonds. The second-order valence-corrected chi connectivity index (χ2v) is 4.19. The minimum atomic E-state index is 0.779. The van der Waals surface area contributed by atoms with E-state index in [1.54, 1.807) is 0 Å². The van der Waals surface area contributed by atoms with Gasteiger partial charge in [-0.3, -0.25) is 0 Å². The third kappa shape index (κ3) is 4.65. The molecular weight excluding hydrogens is 212 g/mol. The lowest BCUT2D eigenvalue weighted by atomic mass is 10.2. The van der Waals surface area contributed by atoms with Crippen molar-refractivity contribution in [2.75, 3.05) is 38.7 Å². The highest BCUT2D eigenvalue weighted by Gasteiger charge is 2.07. The summed E-state index contributed by atoms with van der Waals surface area (Å²) in [5.74, 6) is 0.987. The van der Waals surface area contributed by atoms with Gasteiger partial charge in [-0.1, -0.05) is 19.1 Å². The molecule has 0 saturated carbocycles. The molecule has 0 bridgehead atoms. The number of anilines is 1. The Kier molecular flexibility index (Phi) is 6.48. The minimum Gasteiger partial charge on any atom is -0.491 e. The number of benzene rings is 1. The van der Waals surface area contributed by atoms with E-state index in [2.05, 4.69) is 36.3 Å². The van der Waals surface area contributed by atoms with Gasteiger partial charge in [0.25, 0.3) is 0 Å². The summed E-state index contributed by atoms with van der Waals surface area (Å²) < 4.78 is 5.76. The Morgan fingerprint density at radius 2 is 2.06 bits per heavy atom. The van der Waals surface area contributed by atoms with Gasteiger partial charge in [0.05, 0.1) is 12.3 Å². The predicted molar refractivity (Wildman–Crippen MR) is 74.0 cm³/mol. The number of nitrogens with zero attached hydrogens (tertiary/aromatic N) is 1. The highest BCUT2D eigenvalue weighted by molar-refractivity contribution is 5.57. The van der Waals surface area contributed by atoms with Gasteiger partial charge >= 0.3 is 0 Å². The van der Waals surface area contributed by atoms with E-state index < -0.39 is 0 Å². The van der Waals surface area contributed by atoms with E-state index in [1.807, 2.05) is 19.2 Å². The molecule has 1 aromatic rings. The summed E-state index contributed by atoms with van der Waals surface area (Å²) in [5.41, 5.74) is 1.18. The fraction of sp³-hybridized carbons (Fsp3) is 0.571. The van der Waals surface area contributed by atoms with Crippen LogP contribution in [-0.2, 0) is 0 Å². The van der Waals surface area contributed by atoms with Crippen molar-refractivity contribution in [1.29, 1.82) is 0 Å². The van der Waals surface area contributed by atoms with E-state index in [4.69, 9.17) is 4.74 Å². The zero-order valence-corrected chi connectivity index (χ0v) is 11.2. The maximum absolute atomic E-state index is 5.76. The molecule has 3 nitrogen and oxygen atoms in total. The van der Waals surface area contributed by atoms with Crippen molar-refractivity contribution in [1.82, 2.24) is 5.32 Å². The molecule has 96 valence electrons. The molecule has 0 spiro atoms. The van der Waals surface area contributed by atoms with Crippen molar-refractivity contribution in [3.05, 3.63) is 24.3 Å². The fourth-order valence-corrected chi connectivity index (χ4v) is 1.72. The lowest BCUT2D eigenvalue weighted by Gasteiger charge is -2.22. The van der Waals surface area contributed by atoms with Crippen LogP contribution in [0.15, 0.2) is 24.3 Å². The van der Waals surface area contributed by atoms with E-state index in [0.29, 0.717) is 0 Å². The third-order valence-electron chi connectivity index (χ3n) is 2.66. The lowest BCUT2D eigenvalue weighted by molar-refractivity contribution is 0.318. The predicted octanol–water partition coefficient (Wildman–Crippen LogP) is 2.52. The lowest BCUT2D eigenvalue weighted by Crippen LogP contribution is -2.22. The monoisotopic (exact) mass is 236 g/mol. The maximum Gasteiger partial charge on any atom is 0.142 e. The molecule has 3 heteroatoms. The Labute approximate surface area is 105 Å². The zero-order valence-electron chi connectivity index (χ0n) is 11.2. The Balaban J connectivity index is 2.60. The number of ether oxygens (including phenoxy) is 1. The maximum atomic E-state index is 5.76. The summed E-state index contributed by atoms with van der Waals surface area (Å²) in [6, 6.07) is 8.24. The fourth-order valence-electron chi connectivity index (χ4n) is 1.72. The first kappa shape index (κ1) is 13.8. The van der Waals surface area contributed by atoms with Gasteiger partial charge in [-0.2, -0.15) is 0 Å². The molecule has 0 unspecified atom stereocenters. The number of rotatable bonds is 8. The van der Waals surface area contributed by atoms with Crippen LogP contribution in [0.2, 0.25) is 0 Å². The van der Waals surface area contributed by atoms with Crippen molar-refractivity contribution >= 4 is 5.69 Å². The first-order valence-corrected chi connectivity index (χ1v) is 6.37. The molecule has 0 aliphatic heterocycles. The molecule has 1 N–H and O–H groups in total. The normalized spacial score (nSPS) is 10.3. The molecule has 0 atom stereocenters. The SMILES string of the molecule is CCCOc1ccccc1N(C)CCCNC. The summed E-state index contributed by atoms with van der Waals surface area (Å²) in [4.78, 5) is 2.25. The average molecular weight is 236 g/mol. The zero-order chi connectivity index (χ0) is 12.5. The molecular formula is C14H24N2O. The molecule has 17 heavy (non-hydrogen) atoms. The molecule has 0 radical (unpaired) electrons. The van der Waals surface area contributed by atoms with Crippen LogP contribution in [0.4, 0.5) is 5.69 Å². The van der Waals surface area contributed by atoms with E-state index in [9.17, 15) is 0 Å². The highest BCUT2D eigenvalue weighted by Crippen LogP contribution is 2.27. The molecule has 0 heterocycles. The quantitative estimate of drug-likeness (QED) is 0.702. The van der Waals surface area contributed by atoms with Crippen LogP contribution in [0.25, 0.3) is 0 Å². The second kappa shape index (κ2) is 7.96. The van der Waals surface area contributed by atoms with Gasteiger partial charge in [-0.05, 0) is 38.6 Å². The van der Waals surface area contributed by atoms with Crippen molar-refractivity contribution in [3.8, 4) is 5.75 Å². The molecule has 1 rings (SSSR count). The molecule has 0 saturated heterocycles. The summed E-state index contributed by atoms with van der Waals surface area (Å²) >= 11 is 0. The van der Waals surface area contributed by atoms with E-state index in [1.165, 1.54) is 5.69 Å². The van der Waals surface area contributed by atoms with Crippen LogP contribution < -0.4 is 15.0 Å². The molecule has 0 aliphatic carbocycles. The van der Waals surface area contributed by atoms with Gasteiger partial charge in [-0.25, -0.2) is 0 Å². The van der Waals surface area contributed by atoms with Gasteiger partial charge in [0, 0.05) is 13.6 Å². The Morgan fingerprint density at radius 1 is 1.29 bits per heavy atom. The standard InChI is InChI=1S/C14H24N2O/c1-4-12-17-14-9-6-5-8-13(14)16(3)11-7-10-15-2/h5-6,8-9,15H,4,7,10-12H2,1-3H3. The summed E-state index contributed by atoms with van der Waals surface area (Å²) in [7, 11) is 4.10. The topological polar surface area (TPSA) is 24.5 Å². The van der Waals surface area contributed by atoms with Gasteiger partial charge in [-0.15, -0.1) is 0 Å². The summed E-state index contributed by atoms with van der Waals surface area (Å²) in [6.07, 6.45) is 2.17. The number of hydrogen-bond donors (Lipinski definition) is 1. The van der Waals surface area contributed by atoms with Crippen molar-refractivity contribution < 1.29 is 4.74 Å². The first-order valence-electron chi connectivity index (χ1n) is 6.37. The van der Waals surface area contributed by atoms with Gasteiger partial charge < -0.3 is 15.0 Å². The molecule has 0 aromatic heterocycles. The van der Waals surface area contributed by atoms with Crippen LogP contribution in [0, 0.1) is 0 Å². The van der Waals surface area contributed by atoms with Crippen LogP contribution in [0.1, 0.15) is 19.8 Å². The van der Waals surface area contributed by atoms with Gasteiger partial charge in [0.2, 0.25) is 0 Å². The van der Waals surface area contributed by atoms with Crippen LogP contribution in [-0.4, -0.2) is 33.8 Å². The second-order valence-electron chi connectivity index (χ2n) is 4.19. The van der Waals surface area contributed by atoms with E-state index in [0.717, 1.165) is 38.3 Å². The van der Waals surface area contributed by atoms with Gasteiger partial charge in [0.1, 0.15) is 5.75 Å². The number of hydrogen-bond acceptors (Lipinski definition) is 3. The van der Waals surface area contributed by atoms with E-state index >= 15 is 0 Å². The number of nitrogens with one attached hydrogen (secondary N) is 1. The molecule has 0 fully saturated rings. The Morgan fingerprint density at radius 3 is 2.76 bits per heavy atom.